The minimum atomic E-state index is -0.405. The Hall–Kier alpha value is -3.52. The number of carbonyl (C=O) groups excluding carboxylic acids is 2. The third-order valence-corrected chi connectivity index (χ3v) is 5.53. The van der Waals surface area contributed by atoms with E-state index in [0.717, 1.165) is 12.8 Å². The highest BCUT2D eigenvalue weighted by molar-refractivity contribution is 6.37. The van der Waals surface area contributed by atoms with Gasteiger partial charge in [-0.25, -0.2) is 0 Å². The summed E-state index contributed by atoms with van der Waals surface area (Å²) in [5, 5.41) is 3.14. The first-order valence-corrected chi connectivity index (χ1v) is 11.4. The minimum Gasteiger partial charge on any atom is -0.497 e. The van der Waals surface area contributed by atoms with Gasteiger partial charge in [-0.15, -0.1) is 0 Å². The Morgan fingerprint density at radius 1 is 0.853 bits per heavy atom. The largest absolute Gasteiger partial charge is 0.497 e. The van der Waals surface area contributed by atoms with Gasteiger partial charge in [0.1, 0.15) is 22.9 Å². The molecular weight excluding hydrogens is 436 g/mol. The van der Waals surface area contributed by atoms with Crippen LogP contribution in [0, 0.1) is 0 Å². The maximum absolute atomic E-state index is 13.5. The molecule has 0 saturated heterocycles. The Bertz CT molecular complexity index is 1050. The summed E-state index contributed by atoms with van der Waals surface area (Å²) >= 11 is 0. The van der Waals surface area contributed by atoms with Crippen LogP contribution in [-0.2, 0) is 14.3 Å². The van der Waals surface area contributed by atoms with Crippen molar-refractivity contribution in [2.45, 2.75) is 26.2 Å². The molecule has 0 bridgehead atoms. The van der Waals surface area contributed by atoms with Gasteiger partial charge < -0.3 is 24.3 Å². The molecule has 2 aromatic carbocycles. The van der Waals surface area contributed by atoms with E-state index in [1.165, 1.54) is 19.1 Å². The summed E-state index contributed by atoms with van der Waals surface area (Å²) in [5.74, 6) is 0.814. The number of unbranched alkanes of at least 4 members (excludes halogenated alkanes) is 1. The van der Waals surface area contributed by atoms with Crippen molar-refractivity contribution in [3.63, 3.8) is 0 Å². The number of benzene rings is 2. The molecule has 0 atom stereocenters. The van der Waals surface area contributed by atoms with Crippen molar-refractivity contribution >= 4 is 23.1 Å². The number of nitrogens with zero attached hydrogens (tertiary/aromatic N) is 1. The SMILES string of the molecule is CCCCOCCCN1C(=O)C(Nc2ccc(OC)cc2OC)=C(c2ccccc2OC)C1=O. The van der Waals surface area contributed by atoms with Gasteiger partial charge in [0.25, 0.3) is 11.8 Å². The lowest BCUT2D eigenvalue weighted by Crippen LogP contribution is -2.34. The van der Waals surface area contributed by atoms with Gasteiger partial charge in [0.05, 0.1) is 32.6 Å². The smallest absolute Gasteiger partial charge is 0.278 e. The van der Waals surface area contributed by atoms with Crippen molar-refractivity contribution < 1.29 is 28.5 Å². The molecule has 0 radical (unpaired) electrons. The minimum absolute atomic E-state index is 0.171. The van der Waals surface area contributed by atoms with E-state index in [1.807, 2.05) is 6.07 Å². The van der Waals surface area contributed by atoms with Crippen LogP contribution in [0.2, 0.25) is 0 Å². The molecule has 0 aromatic heterocycles. The first-order valence-electron chi connectivity index (χ1n) is 11.4. The highest BCUT2D eigenvalue weighted by Crippen LogP contribution is 2.37. The highest BCUT2D eigenvalue weighted by Gasteiger charge is 2.40. The molecule has 2 aromatic rings. The first kappa shape index (κ1) is 25.1. The van der Waals surface area contributed by atoms with Gasteiger partial charge in [0.15, 0.2) is 0 Å². The molecule has 1 N–H and O–H groups in total. The molecule has 8 heteroatoms. The molecule has 182 valence electrons. The van der Waals surface area contributed by atoms with Crippen LogP contribution >= 0.6 is 0 Å². The number of rotatable bonds is 13. The van der Waals surface area contributed by atoms with Crippen LogP contribution < -0.4 is 19.5 Å². The third-order valence-electron chi connectivity index (χ3n) is 5.53. The second-order valence-corrected chi connectivity index (χ2v) is 7.72. The predicted molar refractivity (Wildman–Crippen MR) is 130 cm³/mol. The standard InChI is InChI=1S/C26H32N2O6/c1-5-6-15-34-16-9-14-28-25(29)23(19-10-7-8-11-21(19)32-3)24(26(28)30)27-20-13-12-18(31-2)17-22(20)33-4/h7-8,10-13,17,27H,5-6,9,14-16H2,1-4H3. The Kier molecular flexibility index (Phi) is 8.93. The number of para-hydroxylation sites is 1. The average molecular weight is 469 g/mol. The summed E-state index contributed by atoms with van der Waals surface area (Å²) in [6.07, 6.45) is 2.59. The number of hydrogen-bond donors (Lipinski definition) is 1. The summed E-state index contributed by atoms with van der Waals surface area (Å²) in [4.78, 5) is 28.1. The zero-order valence-electron chi connectivity index (χ0n) is 20.2. The van der Waals surface area contributed by atoms with Crippen molar-refractivity contribution in [3.8, 4) is 17.2 Å². The zero-order chi connectivity index (χ0) is 24.5. The normalized spacial score (nSPS) is 13.5. The maximum Gasteiger partial charge on any atom is 0.278 e. The zero-order valence-corrected chi connectivity index (χ0v) is 20.2. The summed E-state index contributed by atoms with van der Waals surface area (Å²) in [7, 11) is 4.63. The number of nitrogens with one attached hydrogen (secondary N) is 1. The number of carbonyl (C=O) groups is 2. The van der Waals surface area contributed by atoms with E-state index < -0.39 is 5.91 Å². The number of hydrogen-bond acceptors (Lipinski definition) is 7. The van der Waals surface area contributed by atoms with Crippen LogP contribution in [0.1, 0.15) is 31.7 Å². The van der Waals surface area contributed by atoms with E-state index in [1.54, 1.807) is 43.5 Å². The number of imide groups is 1. The van der Waals surface area contributed by atoms with Crippen molar-refractivity contribution in [2.24, 2.45) is 0 Å². The van der Waals surface area contributed by atoms with Gasteiger partial charge >= 0.3 is 0 Å². The van der Waals surface area contributed by atoms with Gasteiger partial charge in [0, 0.05) is 31.4 Å². The molecule has 1 aliphatic heterocycles. The molecule has 1 aliphatic rings. The number of methoxy groups -OCH3 is 3. The van der Waals surface area contributed by atoms with Gasteiger partial charge in [-0.2, -0.15) is 0 Å². The van der Waals surface area contributed by atoms with Crippen molar-refractivity contribution in [1.82, 2.24) is 4.90 Å². The predicted octanol–water partition coefficient (Wildman–Crippen LogP) is 4.11. The lowest BCUT2D eigenvalue weighted by molar-refractivity contribution is -0.137. The maximum atomic E-state index is 13.5. The van der Waals surface area contributed by atoms with E-state index in [-0.39, 0.29) is 23.7 Å². The third kappa shape index (κ3) is 5.51. The molecule has 0 fully saturated rings. The van der Waals surface area contributed by atoms with Crippen molar-refractivity contribution in [1.29, 1.82) is 0 Å². The number of amides is 2. The molecule has 2 amide bonds. The summed E-state index contributed by atoms with van der Waals surface area (Å²) < 4.78 is 21.8. The van der Waals surface area contributed by atoms with E-state index in [0.29, 0.717) is 48.1 Å². The average Bonchev–Trinajstić information content (AvgIpc) is 3.10. The fourth-order valence-electron chi connectivity index (χ4n) is 3.71. The molecule has 0 unspecified atom stereocenters. The second kappa shape index (κ2) is 12.1. The summed E-state index contributed by atoms with van der Waals surface area (Å²) in [6.45, 7) is 3.51. The number of ether oxygens (including phenoxy) is 4. The topological polar surface area (TPSA) is 86.3 Å². The van der Waals surface area contributed by atoms with E-state index >= 15 is 0 Å². The first-order chi connectivity index (χ1) is 16.5. The summed E-state index contributed by atoms with van der Waals surface area (Å²) in [6, 6.07) is 12.3. The summed E-state index contributed by atoms with van der Waals surface area (Å²) in [5.41, 5.74) is 1.51. The molecule has 8 nitrogen and oxygen atoms in total. The van der Waals surface area contributed by atoms with E-state index in [2.05, 4.69) is 12.2 Å². The molecular formula is C26H32N2O6. The monoisotopic (exact) mass is 468 g/mol. The lowest BCUT2D eigenvalue weighted by atomic mass is 10.0. The molecule has 34 heavy (non-hydrogen) atoms. The Morgan fingerprint density at radius 2 is 1.59 bits per heavy atom. The van der Waals surface area contributed by atoms with Crippen LogP contribution in [0.25, 0.3) is 5.57 Å². The van der Waals surface area contributed by atoms with E-state index in [4.69, 9.17) is 18.9 Å². The van der Waals surface area contributed by atoms with Gasteiger partial charge in [-0.1, -0.05) is 31.5 Å². The fourth-order valence-corrected chi connectivity index (χ4v) is 3.71. The van der Waals surface area contributed by atoms with Crippen molar-refractivity contribution in [3.05, 3.63) is 53.7 Å². The van der Waals surface area contributed by atoms with Crippen LogP contribution in [0.5, 0.6) is 17.2 Å². The fraction of sp³-hybridized carbons (Fsp3) is 0.385. The Balaban J connectivity index is 1.93. The molecule has 0 saturated carbocycles. The molecule has 0 spiro atoms. The van der Waals surface area contributed by atoms with Crippen LogP contribution in [0.3, 0.4) is 0 Å². The van der Waals surface area contributed by atoms with Gasteiger partial charge in [0.2, 0.25) is 0 Å². The van der Waals surface area contributed by atoms with E-state index in [9.17, 15) is 9.59 Å². The molecule has 0 aliphatic carbocycles. The quantitative estimate of drug-likeness (QED) is 0.350. The van der Waals surface area contributed by atoms with Crippen LogP contribution in [-0.4, -0.2) is 57.8 Å². The second-order valence-electron chi connectivity index (χ2n) is 7.72. The van der Waals surface area contributed by atoms with Gasteiger partial charge in [-0.3, -0.25) is 14.5 Å². The molecule has 3 rings (SSSR count). The highest BCUT2D eigenvalue weighted by atomic mass is 16.5. The lowest BCUT2D eigenvalue weighted by Gasteiger charge is -2.16. The van der Waals surface area contributed by atoms with Crippen LogP contribution in [0.4, 0.5) is 5.69 Å². The Morgan fingerprint density at radius 3 is 2.29 bits per heavy atom. The van der Waals surface area contributed by atoms with Crippen LogP contribution in [0.15, 0.2) is 48.2 Å². The Labute approximate surface area is 200 Å². The molecule has 1 heterocycles. The number of anilines is 1. The van der Waals surface area contributed by atoms with Crippen molar-refractivity contribution in [2.75, 3.05) is 46.4 Å². The van der Waals surface area contributed by atoms with Gasteiger partial charge in [-0.05, 0) is 31.0 Å².